The first kappa shape index (κ1) is 26.7. The summed E-state index contributed by atoms with van der Waals surface area (Å²) in [5.41, 5.74) is 7.83. The van der Waals surface area contributed by atoms with E-state index in [9.17, 15) is 0 Å². The van der Waals surface area contributed by atoms with Crippen LogP contribution in [0.5, 0.6) is 5.88 Å². The van der Waals surface area contributed by atoms with Crippen molar-refractivity contribution in [2.75, 3.05) is 32.0 Å². The fourth-order valence-corrected chi connectivity index (χ4v) is 2.88. The predicted molar refractivity (Wildman–Crippen MR) is 129 cm³/mol. The van der Waals surface area contributed by atoms with Gasteiger partial charge in [-0.05, 0) is 38.3 Å². The Balaban J connectivity index is 2.86. The van der Waals surface area contributed by atoms with Gasteiger partial charge in [-0.15, -0.1) is 0 Å². The van der Waals surface area contributed by atoms with Crippen LogP contribution in [-0.2, 0) is 11.3 Å². The van der Waals surface area contributed by atoms with Crippen LogP contribution in [0.25, 0.3) is 0 Å². The highest BCUT2D eigenvalue weighted by atomic mass is 79.9. The van der Waals surface area contributed by atoms with E-state index >= 15 is 0 Å². The Morgan fingerprint density at radius 3 is 2.61 bits per heavy atom. The van der Waals surface area contributed by atoms with Crippen molar-refractivity contribution in [1.82, 2.24) is 9.88 Å². The minimum absolute atomic E-state index is 0.146. The molecule has 1 heterocycles. The maximum Gasteiger partial charge on any atom is 0.213 e. The normalized spacial score (nSPS) is 12.3. The molecule has 0 atom stereocenters. The Labute approximate surface area is 192 Å². The fourth-order valence-electron chi connectivity index (χ4n) is 2.47. The third-order valence-corrected chi connectivity index (χ3v) is 4.75. The number of amidine groups is 1. The Bertz CT molecular complexity index is 724. The maximum atomic E-state index is 8.81. The van der Waals surface area contributed by atoms with Crippen molar-refractivity contribution in [1.29, 1.82) is 0 Å². The molecule has 0 saturated carbocycles. The molecule has 0 aromatic carbocycles. The lowest BCUT2D eigenvalue weighted by Crippen LogP contribution is -2.26. The average Bonchev–Trinajstić information content (AvgIpc) is 2.79. The number of nitrogens with zero attached hydrogens (tertiary/aromatic N) is 5. The van der Waals surface area contributed by atoms with E-state index in [1.165, 1.54) is 0 Å². The summed E-state index contributed by atoms with van der Waals surface area (Å²) in [7, 11) is 0. The molecule has 31 heavy (non-hydrogen) atoms. The lowest BCUT2D eigenvalue weighted by molar-refractivity contribution is 0.139. The Hall–Kier alpha value is -2.30. The van der Waals surface area contributed by atoms with E-state index in [2.05, 4.69) is 56.2 Å². The number of unbranched alkanes of at least 4 members (excludes halogenated alkanes) is 2. The van der Waals surface area contributed by atoms with Crippen molar-refractivity contribution in [3.63, 3.8) is 0 Å². The molecule has 0 fully saturated rings. The maximum absolute atomic E-state index is 8.81. The number of ether oxygens (including phenoxy) is 2. The van der Waals surface area contributed by atoms with Gasteiger partial charge in [-0.2, -0.15) is 0 Å². The third kappa shape index (κ3) is 10.0. The molecule has 0 aliphatic carbocycles. The van der Waals surface area contributed by atoms with Crippen molar-refractivity contribution in [2.45, 2.75) is 39.2 Å². The van der Waals surface area contributed by atoms with Crippen LogP contribution >= 0.6 is 15.9 Å². The molecular formula is C21H33BrN6O3. The van der Waals surface area contributed by atoms with Gasteiger partial charge in [0.2, 0.25) is 5.88 Å². The number of halogens is 1. The summed E-state index contributed by atoms with van der Waals surface area (Å²) in [6.45, 7) is 11.3. The Morgan fingerprint density at radius 1 is 1.23 bits per heavy atom. The highest BCUT2D eigenvalue weighted by Gasteiger charge is 2.16. The van der Waals surface area contributed by atoms with Gasteiger partial charge in [-0.1, -0.05) is 35.3 Å². The van der Waals surface area contributed by atoms with E-state index in [4.69, 9.17) is 20.3 Å². The van der Waals surface area contributed by atoms with Gasteiger partial charge in [0.1, 0.15) is 12.4 Å². The summed E-state index contributed by atoms with van der Waals surface area (Å²) in [6.07, 6.45) is 5.24. The molecule has 1 aromatic rings. The van der Waals surface area contributed by atoms with E-state index in [-0.39, 0.29) is 19.2 Å². The lowest BCUT2D eigenvalue weighted by atomic mass is 10.2. The second kappa shape index (κ2) is 16.4. The quantitative estimate of drug-likeness (QED) is 0.112. The SMILES string of the molecule is C=NC(=C(/N=C)N(CBr)Cc1ccc(OCCCCO)nc1)/C(N)=N\COCCCC. The van der Waals surface area contributed by atoms with Gasteiger partial charge in [-0.25, -0.2) is 15.0 Å². The van der Waals surface area contributed by atoms with Gasteiger partial charge in [-0.3, -0.25) is 4.99 Å². The van der Waals surface area contributed by atoms with Crippen LogP contribution in [0.15, 0.2) is 44.8 Å². The zero-order chi connectivity index (χ0) is 22.9. The molecule has 0 unspecified atom stereocenters. The van der Waals surface area contributed by atoms with Gasteiger partial charge in [0.05, 0.1) is 12.1 Å². The van der Waals surface area contributed by atoms with Crippen molar-refractivity contribution in [2.24, 2.45) is 20.7 Å². The summed E-state index contributed by atoms with van der Waals surface area (Å²) in [4.78, 5) is 18.6. The van der Waals surface area contributed by atoms with Gasteiger partial charge >= 0.3 is 0 Å². The van der Waals surface area contributed by atoms with Crippen molar-refractivity contribution in [3.8, 4) is 5.88 Å². The second-order valence-electron chi connectivity index (χ2n) is 6.52. The van der Waals surface area contributed by atoms with Crippen molar-refractivity contribution < 1.29 is 14.6 Å². The highest BCUT2D eigenvalue weighted by Crippen LogP contribution is 2.19. The van der Waals surface area contributed by atoms with Gasteiger partial charge in [0.15, 0.2) is 11.7 Å². The van der Waals surface area contributed by atoms with E-state index in [1.54, 1.807) is 6.20 Å². The number of nitrogens with two attached hydrogens (primary N) is 1. The number of aliphatic imine (C=N–C) groups is 3. The zero-order valence-corrected chi connectivity index (χ0v) is 19.8. The summed E-state index contributed by atoms with van der Waals surface area (Å²) >= 11 is 3.48. The monoisotopic (exact) mass is 496 g/mol. The second-order valence-corrected chi connectivity index (χ2v) is 7.03. The first-order valence-corrected chi connectivity index (χ1v) is 11.3. The van der Waals surface area contributed by atoms with Crippen LogP contribution in [0.3, 0.4) is 0 Å². The number of hydrogen-bond acceptors (Lipinski definition) is 8. The van der Waals surface area contributed by atoms with Crippen LogP contribution in [0.4, 0.5) is 0 Å². The number of pyridine rings is 1. The van der Waals surface area contributed by atoms with E-state index in [0.717, 1.165) is 24.8 Å². The molecule has 0 aliphatic rings. The molecule has 172 valence electrons. The number of aliphatic hydroxyl groups excluding tert-OH is 1. The number of hydrogen-bond donors (Lipinski definition) is 2. The molecular weight excluding hydrogens is 464 g/mol. The summed E-state index contributed by atoms with van der Waals surface area (Å²) in [6, 6.07) is 3.73. The summed E-state index contributed by atoms with van der Waals surface area (Å²) in [5, 5.41) is 8.81. The summed E-state index contributed by atoms with van der Waals surface area (Å²) < 4.78 is 11.0. The molecule has 10 heteroatoms. The Kier molecular flexibility index (Phi) is 14.1. The van der Waals surface area contributed by atoms with E-state index in [1.807, 2.05) is 17.0 Å². The zero-order valence-electron chi connectivity index (χ0n) is 18.2. The minimum Gasteiger partial charge on any atom is -0.478 e. The van der Waals surface area contributed by atoms with Crippen LogP contribution in [0.1, 0.15) is 38.2 Å². The van der Waals surface area contributed by atoms with Crippen LogP contribution < -0.4 is 10.5 Å². The molecule has 1 rings (SSSR count). The number of aromatic nitrogens is 1. The smallest absolute Gasteiger partial charge is 0.213 e. The molecule has 3 N–H and O–H groups in total. The summed E-state index contributed by atoms with van der Waals surface area (Å²) in [5.74, 6) is 1.17. The molecule has 0 bridgehead atoms. The Morgan fingerprint density at radius 2 is 2.03 bits per heavy atom. The first-order chi connectivity index (χ1) is 15.1. The number of aliphatic hydroxyl groups is 1. The molecule has 0 aliphatic heterocycles. The molecule has 0 saturated heterocycles. The third-order valence-electron chi connectivity index (χ3n) is 4.15. The van der Waals surface area contributed by atoms with Crippen LogP contribution in [0, 0.1) is 0 Å². The number of rotatable bonds is 17. The van der Waals surface area contributed by atoms with Gasteiger partial charge in [0, 0.05) is 32.0 Å². The van der Waals surface area contributed by atoms with Crippen LogP contribution in [0.2, 0.25) is 0 Å². The minimum atomic E-state index is 0.146. The standard InChI is InChI=1S/C21H33BrN6O3/c1-4-5-11-30-16-27-20(23)19(24-2)21(25-3)28(15-22)14-17-8-9-18(26-13-17)31-12-7-6-10-29/h8-9,13,29H,2-7,10-12,14-16H2,1H3,(H2,23,27)/b21-19-. The van der Waals surface area contributed by atoms with Crippen molar-refractivity contribution in [3.05, 3.63) is 35.4 Å². The number of alkyl halides is 1. The molecule has 0 spiro atoms. The lowest BCUT2D eigenvalue weighted by Gasteiger charge is -2.23. The average molecular weight is 497 g/mol. The van der Waals surface area contributed by atoms with E-state index < -0.39 is 0 Å². The van der Waals surface area contributed by atoms with Gasteiger partial charge < -0.3 is 25.2 Å². The molecule has 0 amide bonds. The molecule has 9 nitrogen and oxygen atoms in total. The predicted octanol–water partition coefficient (Wildman–Crippen LogP) is 3.09. The topological polar surface area (TPSA) is 118 Å². The van der Waals surface area contributed by atoms with E-state index in [0.29, 0.717) is 49.0 Å². The van der Waals surface area contributed by atoms with Gasteiger partial charge in [0.25, 0.3) is 0 Å². The largest absolute Gasteiger partial charge is 0.478 e. The highest BCUT2D eigenvalue weighted by molar-refractivity contribution is 9.09. The van der Waals surface area contributed by atoms with Crippen LogP contribution in [-0.4, -0.2) is 66.3 Å². The van der Waals surface area contributed by atoms with Crippen molar-refractivity contribution >= 4 is 35.2 Å². The first-order valence-electron chi connectivity index (χ1n) is 10.2. The fraction of sp³-hybridized carbons (Fsp3) is 0.524. The molecule has 0 radical (unpaired) electrons. The molecule has 1 aromatic heterocycles.